The van der Waals surface area contributed by atoms with Crippen molar-refractivity contribution in [2.24, 2.45) is 17.8 Å². The molecule has 1 amide bonds. The molecule has 1 aromatic rings. The van der Waals surface area contributed by atoms with Gasteiger partial charge in [0.1, 0.15) is 0 Å². The van der Waals surface area contributed by atoms with Gasteiger partial charge in [-0.25, -0.2) is 0 Å². The summed E-state index contributed by atoms with van der Waals surface area (Å²) in [6, 6.07) is 6.07. The number of hydrogen-bond donors (Lipinski definition) is 1. The Balaban J connectivity index is 1.48. The Morgan fingerprint density at radius 3 is 2.50 bits per heavy atom. The molecule has 0 radical (unpaired) electrons. The van der Waals surface area contributed by atoms with E-state index in [-0.39, 0.29) is 11.8 Å². The quantitative estimate of drug-likeness (QED) is 0.658. The van der Waals surface area contributed by atoms with Crippen molar-refractivity contribution in [2.45, 2.75) is 43.1 Å². The van der Waals surface area contributed by atoms with E-state index in [1.807, 2.05) is 12.1 Å². The highest BCUT2D eigenvalue weighted by molar-refractivity contribution is 9.10. The zero-order chi connectivity index (χ0) is 16.7. The van der Waals surface area contributed by atoms with E-state index in [9.17, 15) is 4.79 Å². The molecule has 1 N–H and O–H groups in total. The van der Waals surface area contributed by atoms with Gasteiger partial charge in [-0.3, -0.25) is 4.79 Å². The first-order valence-electron chi connectivity index (χ1n) is 8.93. The van der Waals surface area contributed by atoms with Crippen LogP contribution in [0.25, 0.3) is 0 Å². The van der Waals surface area contributed by atoms with Gasteiger partial charge in [0, 0.05) is 27.6 Å². The Kier molecular flexibility index (Phi) is 4.96. The minimum Gasteiger partial charge on any atom is -0.326 e. The van der Waals surface area contributed by atoms with E-state index < -0.39 is 0 Å². The first-order valence-corrected chi connectivity index (χ1v) is 11.7. The van der Waals surface area contributed by atoms with Gasteiger partial charge in [-0.1, -0.05) is 22.4 Å². The van der Waals surface area contributed by atoms with Gasteiger partial charge in [0.15, 0.2) is 0 Å². The molecule has 3 fully saturated rings. The molecule has 130 valence electrons. The fraction of sp³-hybridized carbons (Fsp3) is 0.632. The highest BCUT2D eigenvalue weighted by Gasteiger charge is 2.55. The molecule has 3 aliphatic rings. The zero-order valence-electron chi connectivity index (χ0n) is 14.0. The van der Waals surface area contributed by atoms with Crippen LogP contribution in [0.4, 0.5) is 5.69 Å². The number of aryl methyl sites for hydroxylation is 1. The summed E-state index contributed by atoms with van der Waals surface area (Å²) in [7, 11) is 0. The number of carbonyl (C=O) groups excluding carboxylic acids is 1. The summed E-state index contributed by atoms with van der Waals surface area (Å²) >= 11 is 7.90. The molecule has 1 aromatic carbocycles. The third-order valence-electron chi connectivity index (χ3n) is 5.94. The monoisotopic (exact) mass is 425 g/mol. The molecule has 2 bridgehead atoms. The van der Waals surface area contributed by atoms with E-state index in [1.165, 1.54) is 30.8 Å². The molecular formula is C19H24BrNOS2. The van der Waals surface area contributed by atoms with Crippen molar-refractivity contribution >= 4 is 51.0 Å². The van der Waals surface area contributed by atoms with Gasteiger partial charge in [-0.15, -0.1) is 23.5 Å². The highest BCUT2D eigenvalue weighted by atomic mass is 79.9. The first kappa shape index (κ1) is 17.3. The Labute approximate surface area is 161 Å². The highest BCUT2D eigenvalue weighted by Crippen LogP contribution is 2.64. The largest absolute Gasteiger partial charge is 0.326 e. The van der Waals surface area contributed by atoms with Crippen LogP contribution in [0.3, 0.4) is 0 Å². The number of hydrogen-bond acceptors (Lipinski definition) is 3. The maximum Gasteiger partial charge on any atom is 0.227 e. The van der Waals surface area contributed by atoms with Gasteiger partial charge in [-0.05, 0) is 68.2 Å². The van der Waals surface area contributed by atoms with Crippen molar-refractivity contribution in [1.29, 1.82) is 0 Å². The molecule has 1 spiro atoms. The number of halogens is 1. The Morgan fingerprint density at radius 2 is 1.88 bits per heavy atom. The lowest BCUT2D eigenvalue weighted by Gasteiger charge is -2.52. The lowest BCUT2D eigenvalue weighted by Crippen LogP contribution is -2.48. The van der Waals surface area contributed by atoms with Crippen LogP contribution >= 0.6 is 39.5 Å². The van der Waals surface area contributed by atoms with Crippen LogP contribution in [0.2, 0.25) is 0 Å². The molecule has 4 rings (SSSR count). The van der Waals surface area contributed by atoms with E-state index in [0.29, 0.717) is 4.08 Å². The lowest BCUT2D eigenvalue weighted by atomic mass is 9.67. The Bertz CT molecular complexity index is 628. The Morgan fingerprint density at radius 1 is 1.21 bits per heavy atom. The topological polar surface area (TPSA) is 29.1 Å². The van der Waals surface area contributed by atoms with Crippen LogP contribution in [0.1, 0.15) is 37.7 Å². The Hall–Kier alpha value is -0.130. The molecule has 5 heteroatoms. The van der Waals surface area contributed by atoms with Crippen LogP contribution in [0.5, 0.6) is 0 Å². The molecule has 2 unspecified atom stereocenters. The normalized spacial score (nSPS) is 31.2. The first-order chi connectivity index (χ1) is 11.6. The number of thioether (sulfide) groups is 2. The van der Waals surface area contributed by atoms with Crippen molar-refractivity contribution in [3.05, 3.63) is 28.2 Å². The van der Waals surface area contributed by atoms with Crippen LogP contribution in [-0.4, -0.2) is 21.5 Å². The minimum absolute atomic E-state index is 0.191. The summed E-state index contributed by atoms with van der Waals surface area (Å²) in [6.07, 6.45) is 6.16. The van der Waals surface area contributed by atoms with E-state index in [2.05, 4.69) is 57.8 Å². The molecule has 1 heterocycles. The van der Waals surface area contributed by atoms with Gasteiger partial charge in [0.25, 0.3) is 0 Å². The predicted molar refractivity (Wildman–Crippen MR) is 109 cm³/mol. The van der Waals surface area contributed by atoms with Crippen LogP contribution in [0, 0.1) is 24.7 Å². The number of rotatable bonds is 2. The van der Waals surface area contributed by atoms with Crippen LogP contribution < -0.4 is 5.32 Å². The van der Waals surface area contributed by atoms with Crippen molar-refractivity contribution in [2.75, 3.05) is 16.8 Å². The molecule has 24 heavy (non-hydrogen) atoms. The number of benzene rings is 1. The molecule has 2 saturated carbocycles. The van der Waals surface area contributed by atoms with Gasteiger partial charge in [0.2, 0.25) is 5.91 Å². The van der Waals surface area contributed by atoms with Crippen molar-refractivity contribution in [1.82, 2.24) is 0 Å². The average Bonchev–Trinajstić information content (AvgIpc) is 2.99. The SMILES string of the molecule is Cc1cc(Br)ccc1NC(=O)C1CC2CCCC(C1)C21SCCS1. The van der Waals surface area contributed by atoms with Gasteiger partial charge < -0.3 is 5.32 Å². The zero-order valence-corrected chi connectivity index (χ0v) is 17.2. The molecule has 0 aromatic heterocycles. The fourth-order valence-electron chi connectivity index (χ4n) is 4.83. The summed E-state index contributed by atoms with van der Waals surface area (Å²) in [5, 5.41) is 3.20. The number of anilines is 1. The summed E-state index contributed by atoms with van der Waals surface area (Å²) in [5.74, 6) is 4.48. The van der Waals surface area contributed by atoms with Crippen molar-refractivity contribution < 1.29 is 4.79 Å². The second kappa shape index (κ2) is 6.88. The third-order valence-corrected chi connectivity index (χ3v) is 10.4. The molecule has 2 aliphatic carbocycles. The molecule has 1 aliphatic heterocycles. The van der Waals surface area contributed by atoms with Crippen molar-refractivity contribution in [3.8, 4) is 0 Å². The molecule has 1 saturated heterocycles. The predicted octanol–water partition coefficient (Wildman–Crippen LogP) is 5.70. The number of nitrogens with one attached hydrogen (secondary N) is 1. The number of amides is 1. The number of carbonyl (C=O) groups is 1. The van der Waals surface area contributed by atoms with Crippen molar-refractivity contribution in [3.63, 3.8) is 0 Å². The van der Waals surface area contributed by atoms with Gasteiger partial charge in [-0.2, -0.15) is 0 Å². The van der Waals surface area contributed by atoms with E-state index in [1.54, 1.807) is 0 Å². The maximum absolute atomic E-state index is 12.9. The average molecular weight is 426 g/mol. The maximum atomic E-state index is 12.9. The lowest BCUT2D eigenvalue weighted by molar-refractivity contribution is -0.122. The second-order valence-electron chi connectivity index (χ2n) is 7.36. The van der Waals surface area contributed by atoms with Gasteiger partial charge in [0.05, 0.1) is 4.08 Å². The van der Waals surface area contributed by atoms with Crippen LogP contribution in [0.15, 0.2) is 22.7 Å². The molecule has 2 atom stereocenters. The van der Waals surface area contributed by atoms with E-state index in [4.69, 9.17) is 0 Å². The smallest absolute Gasteiger partial charge is 0.227 e. The molecule has 2 nitrogen and oxygen atoms in total. The summed E-state index contributed by atoms with van der Waals surface area (Å²) < 4.78 is 1.50. The minimum atomic E-state index is 0.191. The van der Waals surface area contributed by atoms with Gasteiger partial charge >= 0.3 is 0 Å². The van der Waals surface area contributed by atoms with E-state index in [0.717, 1.165) is 40.4 Å². The second-order valence-corrected chi connectivity index (χ2v) is 11.3. The summed E-state index contributed by atoms with van der Waals surface area (Å²) in [5.41, 5.74) is 2.07. The fourth-order valence-corrected chi connectivity index (χ4v) is 9.24. The van der Waals surface area contributed by atoms with E-state index >= 15 is 0 Å². The van der Waals surface area contributed by atoms with Crippen LogP contribution in [-0.2, 0) is 4.79 Å². The summed E-state index contributed by atoms with van der Waals surface area (Å²) in [6.45, 7) is 2.05. The standard InChI is InChI=1S/C19H24BrNOS2/c1-12-9-16(20)5-6-17(12)21-18(22)13-10-14-3-2-4-15(11-13)19(14)23-7-8-24-19/h5-6,9,13-15H,2-4,7-8,10-11H2,1H3,(H,21,22). The summed E-state index contributed by atoms with van der Waals surface area (Å²) in [4.78, 5) is 12.9. The third kappa shape index (κ3) is 3.05. The molecular weight excluding hydrogens is 402 g/mol.